The van der Waals surface area contributed by atoms with Crippen molar-refractivity contribution < 1.29 is 27.4 Å². The van der Waals surface area contributed by atoms with Gasteiger partial charge in [0.05, 0.1) is 22.6 Å². The van der Waals surface area contributed by atoms with Crippen molar-refractivity contribution >= 4 is 60.6 Å². The van der Waals surface area contributed by atoms with Crippen LogP contribution < -0.4 is 24.8 Å². The summed E-state index contributed by atoms with van der Waals surface area (Å²) < 4.78 is 44.4. The maximum atomic E-state index is 12.7. The van der Waals surface area contributed by atoms with Gasteiger partial charge in [0.25, 0.3) is 15.9 Å². The van der Waals surface area contributed by atoms with Crippen LogP contribution in [0.4, 0.5) is 11.4 Å². The Bertz CT molecular complexity index is 1330. The minimum Gasteiger partial charge on any atom is -0.494 e. The average molecular weight is 609 g/mol. The molecule has 3 N–H and O–H groups in total. The number of amides is 1. The molecule has 0 saturated heterocycles. The van der Waals surface area contributed by atoms with E-state index in [1.54, 1.807) is 61.7 Å². The molecule has 12 heteroatoms. The zero-order valence-electron chi connectivity index (χ0n) is 20.1. The lowest BCUT2D eigenvalue weighted by molar-refractivity contribution is 0.0977. The van der Waals surface area contributed by atoms with Crippen molar-refractivity contribution in [3.05, 3.63) is 76.8 Å². The molecule has 3 aromatic carbocycles. The van der Waals surface area contributed by atoms with Crippen LogP contribution in [0.25, 0.3) is 0 Å². The summed E-state index contributed by atoms with van der Waals surface area (Å²) in [5, 5.41) is 5.52. The highest BCUT2D eigenvalue weighted by Gasteiger charge is 2.15. The second kappa shape index (κ2) is 13.4. The van der Waals surface area contributed by atoms with E-state index < -0.39 is 15.9 Å². The fourth-order valence-corrected chi connectivity index (χ4v) is 4.81. The summed E-state index contributed by atoms with van der Waals surface area (Å²) in [6.45, 7) is 3.22. The van der Waals surface area contributed by atoms with Crippen LogP contribution in [0.1, 0.15) is 17.3 Å². The number of methoxy groups -OCH3 is 1. The minimum atomic E-state index is -3.80. The SMILES string of the molecule is CCOc1ccc(NS(=O)(=O)c2ccc(NC(=S)NC(=O)c3ccc(OCCOC)c(Br)c3)cc2)cc1. The van der Waals surface area contributed by atoms with Gasteiger partial charge in [-0.05, 0) is 102 Å². The molecule has 196 valence electrons. The Kier molecular flexibility index (Phi) is 10.3. The molecule has 0 radical (unpaired) electrons. The number of benzene rings is 3. The zero-order chi connectivity index (χ0) is 26.8. The lowest BCUT2D eigenvalue weighted by Gasteiger charge is -2.12. The third-order valence-electron chi connectivity index (χ3n) is 4.81. The first kappa shape index (κ1) is 28.4. The third-order valence-corrected chi connectivity index (χ3v) is 7.03. The van der Waals surface area contributed by atoms with Crippen LogP contribution in [-0.2, 0) is 14.8 Å². The van der Waals surface area contributed by atoms with Gasteiger partial charge in [0.2, 0.25) is 0 Å². The number of sulfonamides is 1. The van der Waals surface area contributed by atoms with Crippen molar-refractivity contribution in [3.8, 4) is 11.5 Å². The van der Waals surface area contributed by atoms with Gasteiger partial charge in [-0.1, -0.05) is 0 Å². The normalized spacial score (nSPS) is 10.9. The number of hydrogen-bond donors (Lipinski definition) is 3. The van der Waals surface area contributed by atoms with Gasteiger partial charge < -0.3 is 19.5 Å². The van der Waals surface area contributed by atoms with Crippen LogP contribution in [0.2, 0.25) is 0 Å². The van der Waals surface area contributed by atoms with Gasteiger partial charge in [-0.15, -0.1) is 0 Å². The van der Waals surface area contributed by atoms with Crippen molar-refractivity contribution in [2.24, 2.45) is 0 Å². The first-order valence-electron chi connectivity index (χ1n) is 11.1. The monoisotopic (exact) mass is 607 g/mol. The highest BCUT2D eigenvalue weighted by atomic mass is 79.9. The van der Waals surface area contributed by atoms with E-state index in [1.807, 2.05) is 6.92 Å². The van der Waals surface area contributed by atoms with E-state index in [4.69, 9.17) is 26.4 Å². The Morgan fingerprint density at radius 1 is 0.946 bits per heavy atom. The summed E-state index contributed by atoms with van der Waals surface area (Å²) in [4.78, 5) is 12.6. The molecule has 0 unspecified atom stereocenters. The van der Waals surface area contributed by atoms with Crippen LogP contribution in [0.5, 0.6) is 11.5 Å². The van der Waals surface area contributed by atoms with E-state index in [1.165, 1.54) is 12.1 Å². The van der Waals surface area contributed by atoms with Crippen LogP contribution in [-0.4, -0.2) is 46.4 Å². The second-order valence-electron chi connectivity index (χ2n) is 7.48. The number of halogens is 1. The maximum Gasteiger partial charge on any atom is 0.261 e. The van der Waals surface area contributed by atoms with E-state index in [9.17, 15) is 13.2 Å². The summed E-state index contributed by atoms with van der Waals surface area (Å²) in [7, 11) is -2.21. The first-order chi connectivity index (χ1) is 17.7. The largest absolute Gasteiger partial charge is 0.494 e. The molecule has 0 atom stereocenters. The van der Waals surface area contributed by atoms with Crippen LogP contribution in [0.15, 0.2) is 76.1 Å². The molecular weight excluding hydrogens is 582 g/mol. The molecule has 0 heterocycles. The number of hydrogen-bond acceptors (Lipinski definition) is 7. The Morgan fingerprint density at radius 3 is 2.24 bits per heavy atom. The predicted molar refractivity (Wildman–Crippen MR) is 150 cm³/mol. The Balaban J connectivity index is 1.56. The summed E-state index contributed by atoms with van der Waals surface area (Å²) in [6, 6.07) is 17.5. The number of nitrogens with one attached hydrogen (secondary N) is 3. The van der Waals surface area contributed by atoms with Gasteiger partial charge in [-0.3, -0.25) is 14.8 Å². The highest BCUT2D eigenvalue weighted by Crippen LogP contribution is 2.26. The first-order valence-corrected chi connectivity index (χ1v) is 13.8. The average Bonchev–Trinajstić information content (AvgIpc) is 2.86. The number of carbonyl (C=O) groups is 1. The number of carbonyl (C=O) groups excluding carboxylic acids is 1. The molecule has 3 aromatic rings. The molecule has 0 fully saturated rings. The summed E-state index contributed by atoms with van der Waals surface area (Å²) in [6.07, 6.45) is 0. The smallest absolute Gasteiger partial charge is 0.261 e. The zero-order valence-corrected chi connectivity index (χ0v) is 23.3. The number of anilines is 2. The third kappa shape index (κ3) is 8.42. The van der Waals surface area contributed by atoms with Crippen molar-refractivity contribution in [1.82, 2.24) is 5.32 Å². The Morgan fingerprint density at radius 2 is 1.62 bits per heavy atom. The quantitative estimate of drug-likeness (QED) is 0.210. The summed E-state index contributed by atoms with van der Waals surface area (Å²) in [5.74, 6) is 0.822. The van der Waals surface area contributed by atoms with Crippen molar-refractivity contribution in [1.29, 1.82) is 0 Å². The van der Waals surface area contributed by atoms with Crippen molar-refractivity contribution in [2.45, 2.75) is 11.8 Å². The van der Waals surface area contributed by atoms with Gasteiger partial charge in [0.1, 0.15) is 18.1 Å². The van der Waals surface area contributed by atoms with Gasteiger partial charge in [0.15, 0.2) is 5.11 Å². The Hall–Kier alpha value is -3.19. The highest BCUT2D eigenvalue weighted by molar-refractivity contribution is 9.10. The Labute approximate surface area is 229 Å². The molecule has 3 rings (SSSR count). The standard InChI is InChI=1S/C25H26BrN3O6S2/c1-3-34-20-9-5-19(6-10-20)29-37(31,32)21-11-7-18(8-12-21)27-25(36)28-24(30)17-4-13-23(22(26)16-17)35-15-14-33-2/h4-13,16,29H,3,14-15H2,1-2H3,(H2,27,28,30,36). The van der Waals surface area contributed by atoms with Gasteiger partial charge in [0, 0.05) is 24.0 Å². The number of thiocarbonyl (C=S) groups is 1. The van der Waals surface area contributed by atoms with Crippen LogP contribution in [0.3, 0.4) is 0 Å². The van der Waals surface area contributed by atoms with Crippen molar-refractivity contribution in [3.63, 3.8) is 0 Å². The molecule has 0 aliphatic carbocycles. The molecule has 0 aromatic heterocycles. The van der Waals surface area contributed by atoms with Crippen LogP contribution >= 0.6 is 28.1 Å². The van der Waals surface area contributed by atoms with Gasteiger partial charge in [-0.2, -0.15) is 0 Å². The van der Waals surface area contributed by atoms with E-state index in [2.05, 4.69) is 31.3 Å². The minimum absolute atomic E-state index is 0.0599. The van der Waals surface area contributed by atoms with Crippen LogP contribution in [0, 0.1) is 0 Å². The van der Waals surface area contributed by atoms with Gasteiger partial charge in [-0.25, -0.2) is 8.42 Å². The summed E-state index contributed by atoms with van der Waals surface area (Å²) in [5.41, 5.74) is 1.29. The second-order valence-corrected chi connectivity index (χ2v) is 10.4. The van der Waals surface area contributed by atoms with Crippen molar-refractivity contribution in [2.75, 3.05) is 37.0 Å². The molecule has 0 bridgehead atoms. The van der Waals surface area contributed by atoms with E-state index in [-0.39, 0.29) is 10.0 Å². The molecule has 0 aliphatic heterocycles. The molecule has 0 aliphatic rings. The molecule has 1 amide bonds. The van der Waals surface area contributed by atoms with Gasteiger partial charge >= 0.3 is 0 Å². The molecule has 37 heavy (non-hydrogen) atoms. The van der Waals surface area contributed by atoms with E-state index in [0.717, 1.165) is 0 Å². The molecule has 9 nitrogen and oxygen atoms in total. The number of rotatable bonds is 11. The molecular formula is C25H26BrN3O6S2. The van der Waals surface area contributed by atoms with E-state index >= 15 is 0 Å². The molecule has 0 saturated carbocycles. The fourth-order valence-electron chi connectivity index (χ4n) is 3.05. The number of ether oxygens (including phenoxy) is 3. The fraction of sp³-hybridized carbons (Fsp3) is 0.200. The molecule has 0 spiro atoms. The maximum absolute atomic E-state index is 12.7. The lowest BCUT2D eigenvalue weighted by Crippen LogP contribution is -2.34. The summed E-state index contributed by atoms with van der Waals surface area (Å²) >= 11 is 8.62. The lowest BCUT2D eigenvalue weighted by atomic mass is 10.2. The van der Waals surface area contributed by atoms with E-state index in [0.29, 0.717) is 52.7 Å². The predicted octanol–water partition coefficient (Wildman–Crippen LogP) is 4.80. The topological polar surface area (TPSA) is 115 Å².